The molecule has 10 nitrogen and oxygen atoms in total. The zero-order chi connectivity index (χ0) is 26.5. The van der Waals surface area contributed by atoms with Gasteiger partial charge in [-0.25, -0.2) is 9.36 Å². The van der Waals surface area contributed by atoms with Crippen molar-refractivity contribution < 1.29 is 20.1 Å². The van der Waals surface area contributed by atoms with Crippen molar-refractivity contribution in [2.75, 3.05) is 5.73 Å². The Labute approximate surface area is 202 Å². The maximum atomic E-state index is 13.4. The zero-order valence-corrected chi connectivity index (χ0v) is 20.5. The summed E-state index contributed by atoms with van der Waals surface area (Å²) >= 11 is 0. The number of hydrogen-bond donors (Lipinski definition) is 5. The van der Waals surface area contributed by atoms with Gasteiger partial charge in [0.2, 0.25) is 5.91 Å². The molecule has 35 heavy (non-hydrogen) atoms. The number of aliphatic hydroxyl groups excluding tert-OH is 2. The highest BCUT2D eigenvalue weighted by molar-refractivity contribution is 5.82. The van der Waals surface area contributed by atoms with Crippen LogP contribution in [0.2, 0.25) is 0 Å². The molecule has 0 bridgehead atoms. The first-order valence-corrected chi connectivity index (χ1v) is 11.2. The normalized spacial score (nSPS) is 22.3. The number of nitrogen functional groups attached to an aromatic ring is 1. The van der Waals surface area contributed by atoms with Gasteiger partial charge in [-0.05, 0) is 69.4 Å². The molecular weight excluding hydrogens is 452 g/mol. The Hall–Kier alpha value is -3.63. The molecule has 0 radical (unpaired) electrons. The van der Waals surface area contributed by atoms with E-state index in [1.165, 1.54) is 18.5 Å². The Morgan fingerprint density at radius 1 is 1.20 bits per heavy atom. The Morgan fingerprint density at radius 3 is 2.31 bits per heavy atom. The standard InChI is InChI=1S/C25H32N4O6/c1-13-16(11-12-24(3,35)22(27)33)19(31)25(4,14(2)18(13)30)17-20(26)29(15-9-7-6-8-10-15)23(34)28(5)21(17)32/h6-10,19,30-31,35H,11-12,26H2,1-5H3,(H2,27,33). The fourth-order valence-electron chi connectivity index (χ4n) is 4.63. The summed E-state index contributed by atoms with van der Waals surface area (Å²) < 4.78 is 2.09. The summed E-state index contributed by atoms with van der Waals surface area (Å²) in [5.41, 5.74) is 8.31. The maximum Gasteiger partial charge on any atom is 0.336 e. The van der Waals surface area contributed by atoms with Crippen molar-refractivity contribution in [3.05, 3.63) is 79.2 Å². The van der Waals surface area contributed by atoms with Crippen molar-refractivity contribution in [2.24, 2.45) is 12.8 Å². The molecule has 3 unspecified atom stereocenters. The second kappa shape index (κ2) is 8.86. The summed E-state index contributed by atoms with van der Waals surface area (Å²) in [6, 6.07) is 8.52. The molecule has 3 rings (SSSR count). The van der Waals surface area contributed by atoms with E-state index in [0.717, 1.165) is 4.57 Å². The van der Waals surface area contributed by atoms with Gasteiger partial charge in [0, 0.05) is 7.05 Å². The number of hydrogen-bond acceptors (Lipinski definition) is 7. The molecule has 1 heterocycles. The van der Waals surface area contributed by atoms with Crippen LogP contribution in [0.3, 0.4) is 0 Å². The predicted molar refractivity (Wildman–Crippen MR) is 132 cm³/mol. The molecule has 0 saturated heterocycles. The Bertz CT molecular complexity index is 1370. The van der Waals surface area contributed by atoms with Crippen LogP contribution in [-0.4, -0.2) is 42.1 Å². The maximum absolute atomic E-state index is 13.4. The number of aliphatic hydroxyl groups is 3. The highest BCUT2D eigenvalue weighted by atomic mass is 16.3. The van der Waals surface area contributed by atoms with E-state index in [0.29, 0.717) is 16.8 Å². The average Bonchev–Trinajstić information content (AvgIpc) is 2.81. The van der Waals surface area contributed by atoms with Gasteiger partial charge in [0.25, 0.3) is 5.56 Å². The molecule has 1 amide bonds. The van der Waals surface area contributed by atoms with Crippen LogP contribution in [-0.2, 0) is 17.3 Å². The lowest BCUT2D eigenvalue weighted by Crippen LogP contribution is -2.51. The molecule has 1 aromatic carbocycles. The SMILES string of the molecule is CC1=C(CCC(C)(O)C(N)=O)C(O)C(C)(c2c(N)n(-c3ccccc3)c(=O)n(C)c2=O)C(C)=C1O. The quantitative estimate of drug-likeness (QED) is 0.405. The van der Waals surface area contributed by atoms with Gasteiger partial charge < -0.3 is 26.8 Å². The first kappa shape index (κ1) is 26.0. The first-order valence-electron chi connectivity index (χ1n) is 11.2. The molecule has 1 aromatic heterocycles. The topological polar surface area (TPSA) is 174 Å². The van der Waals surface area contributed by atoms with Crippen molar-refractivity contribution in [1.29, 1.82) is 0 Å². The third-order valence-corrected chi connectivity index (χ3v) is 7.29. The first-order chi connectivity index (χ1) is 16.2. The van der Waals surface area contributed by atoms with Crippen LogP contribution in [0, 0.1) is 0 Å². The van der Waals surface area contributed by atoms with Gasteiger partial charge in [0.05, 0.1) is 22.8 Å². The fourth-order valence-corrected chi connectivity index (χ4v) is 4.63. The van der Waals surface area contributed by atoms with Gasteiger partial charge in [-0.15, -0.1) is 0 Å². The van der Waals surface area contributed by atoms with Crippen LogP contribution >= 0.6 is 0 Å². The molecule has 0 saturated carbocycles. The largest absolute Gasteiger partial charge is 0.508 e. The second-order valence-electron chi connectivity index (χ2n) is 9.44. The third-order valence-electron chi connectivity index (χ3n) is 7.29. The number of para-hydroxylation sites is 1. The number of benzene rings is 1. The lowest BCUT2D eigenvalue weighted by atomic mass is 9.65. The van der Waals surface area contributed by atoms with Crippen LogP contribution in [0.5, 0.6) is 0 Å². The summed E-state index contributed by atoms with van der Waals surface area (Å²) in [5, 5.41) is 32.9. The van der Waals surface area contributed by atoms with Crippen LogP contribution in [0.15, 0.2) is 62.4 Å². The number of rotatable bonds is 6. The van der Waals surface area contributed by atoms with Crippen LogP contribution in [0.1, 0.15) is 46.1 Å². The van der Waals surface area contributed by atoms with E-state index in [-0.39, 0.29) is 35.6 Å². The summed E-state index contributed by atoms with van der Waals surface area (Å²) in [7, 11) is 1.32. The number of primary amides is 1. The number of anilines is 1. The van der Waals surface area contributed by atoms with E-state index < -0.39 is 34.3 Å². The van der Waals surface area contributed by atoms with E-state index in [1.807, 2.05) is 0 Å². The van der Waals surface area contributed by atoms with E-state index in [1.54, 1.807) is 51.1 Å². The number of aromatic nitrogens is 2. The minimum atomic E-state index is -1.84. The van der Waals surface area contributed by atoms with Crippen LogP contribution < -0.4 is 22.7 Å². The monoisotopic (exact) mass is 484 g/mol. The lowest BCUT2D eigenvalue weighted by Gasteiger charge is -2.42. The summed E-state index contributed by atoms with van der Waals surface area (Å²) in [6.07, 6.45) is -1.47. The van der Waals surface area contributed by atoms with Crippen molar-refractivity contribution in [1.82, 2.24) is 9.13 Å². The number of allylic oxidation sites excluding steroid dienone is 1. The summed E-state index contributed by atoms with van der Waals surface area (Å²) in [4.78, 5) is 38.0. The van der Waals surface area contributed by atoms with Gasteiger partial charge in [0.15, 0.2) is 0 Å². The van der Waals surface area contributed by atoms with Crippen molar-refractivity contribution in [3.8, 4) is 5.69 Å². The molecule has 7 N–H and O–H groups in total. The summed E-state index contributed by atoms with van der Waals surface area (Å²) in [5.74, 6) is -1.24. The Balaban J connectivity index is 2.29. The number of carbonyl (C=O) groups excluding carboxylic acids is 1. The van der Waals surface area contributed by atoms with Crippen LogP contribution in [0.25, 0.3) is 5.69 Å². The minimum Gasteiger partial charge on any atom is -0.508 e. The van der Waals surface area contributed by atoms with E-state index in [9.17, 15) is 29.7 Å². The van der Waals surface area contributed by atoms with Gasteiger partial charge in [0.1, 0.15) is 17.2 Å². The smallest absolute Gasteiger partial charge is 0.336 e. The van der Waals surface area contributed by atoms with Crippen LogP contribution in [0.4, 0.5) is 5.82 Å². The van der Waals surface area contributed by atoms with Crippen molar-refractivity contribution in [2.45, 2.75) is 57.7 Å². The molecule has 0 spiro atoms. The molecular formula is C25H32N4O6. The van der Waals surface area contributed by atoms with E-state index >= 15 is 0 Å². The molecule has 1 aliphatic rings. The van der Waals surface area contributed by atoms with Gasteiger partial charge in [-0.2, -0.15) is 0 Å². The molecule has 3 atom stereocenters. The van der Waals surface area contributed by atoms with Gasteiger partial charge in [-0.1, -0.05) is 18.2 Å². The zero-order valence-electron chi connectivity index (χ0n) is 20.5. The molecule has 0 aliphatic heterocycles. The third kappa shape index (κ3) is 3.98. The second-order valence-corrected chi connectivity index (χ2v) is 9.44. The molecule has 2 aromatic rings. The Morgan fingerprint density at radius 2 is 1.77 bits per heavy atom. The number of amides is 1. The highest BCUT2D eigenvalue weighted by Crippen LogP contribution is 2.46. The van der Waals surface area contributed by atoms with E-state index in [4.69, 9.17) is 11.5 Å². The minimum absolute atomic E-state index is 0.00835. The number of nitrogens with two attached hydrogens (primary N) is 2. The van der Waals surface area contributed by atoms with Gasteiger partial charge >= 0.3 is 5.69 Å². The molecule has 1 aliphatic carbocycles. The molecule has 0 fully saturated rings. The van der Waals surface area contributed by atoms with Crippen molar-refractivity contribution >= 4 is 11.7 Å². The lowest BCUT2D eigenvalue weighted by molar-refractivity contribution is -0.135. The molecule has 10 heteroatoms. The number of nitrogens with zero attached hydrogens (tertiary/aromatic N) is 2. The Kier molecular flexibility index (Phi) is 6.58. The van der Waals surface area contributed by atoms with E-state index in [2.05, 4.69) is 0 Å². The number of carbonyl (C=O) groups is 1. The van der Waals surface area contributed by atoms with Gasteiger partial charge in [-0.3, -0.25) is 14.2 Å². The highest BCUT2D eigenvalue weighted by Gasteiger charge is 2.48. The van der Waals surface area contributed by atoms with Crippen molar-refractivity contribution in [3.63, 3.8) is 0 Å². The predicted octanol–water partition coefficient (Wildman–Crippen LogP) is 0.916. The molecule has 188 valence electrons. The summed E-state index contributed by atoms with van der Waals surface area (Å²) in [6.45, 7) is 6.01. The average molecular weight is 485 g/mol. The fraction of sp³-hybridized carbons (Fsp3) is 0.400.